The standard InChI is InChI=1S/C11H20N2O3/c1-6(2)5-16-11(14)13-9-8(12)7-3-4-15-10(7)9/h6-10H,3-5,12H2,1-2H3,(H,13,14). The summed E-state index contributed by atoms with van der Waals surface area (Å²) in [6, 6.07) is -0.0636. The maximum absolute atomic E-state index is 11.4. The Bertz CT molecular complexity index is 270. The first-order chi connectivity index (χ1) is 7.59. The highest BCUT2D eigenvalue weighted by atomic mass is 16.5. The maximum atomic E-state index is 11.4. The summed E-state index contributed by atoms with van der Waals surface area (Å²) in [7, 11) is 0. The number of fused-ring (bicyclic) bond motifs is 1. The van der Waals surface area contributed by atoms with E-state index in [0.29, 0.717) is 18.4 Å². The minimum Gasteiger partial charge on any atom is -0.449 e. The summed E-state index contributed by atoms with van der Waals surface area (Å²) in [6.45, 7) is 5.18. The van der Waals surface area contributed by atoms with Crippen LogP contribution in [0, 0.1) is 11.8 Å². The topological polar surface area (TPSA) is 73.6 Å². The molecule has 92 valence electrons. The molecule has 1 saturated heterocycles. The van der Waals surface area contributed by atoms with E-state index in [4.69, 9.17) is 15.2 Å². The first-order valence-electron chi connectivity index (χ1n) is 5.90. The molecule has 1 amide bonds. The lowest BCUT2D eigenvalue weighted by Gasteiger charge is -2.45. The molecule has 0 bridgehead atoms. The summed E-state index contributed by atoms with van der Waals surface area (Å²) in [4.78, 5) is 11.4. The molecular formula is C11H20N2O3. The molecule has 1 heterocycles. The van der Waals surface area contributed by atoms with Crippen molar-refractivity contribution in [2.24, 2.45) is 17.6 Å². The number of ether oxygens (including phenoxy) is 2. The van der Waals surface area contributed by atoms with E-state index in [2.05, 4.69) is 5.32 Å². The number of amides is 1. The minimum absolute atomic E-state index is 0.0131. The van der Waals surface area contributed by atoms with Gasteiger partial charge in [0.15, 0.2) is 0 Å². The quantitative estimate of drug-likeness (QED) is 0.737. The van der Waals surface area contributed by atoms with Gasteiger partial charge in [-0.25, -0.2) is 4.79 Å². The summed E-state index contributed by atoms with van der Waals surface area (Å²) in [5.74, 6) is 0.756. The van der Waals surface area contributed by atoms with E-state index in [-0.39, 0.29) is 24.3 Å². The molecule has 5 heteroatoms. The Hall–Kier alpha value is -0.810. The van der Waals surface area contributed by atoms with Crippen LogP contribution in [0.25, 0.3) is 0 Å². The molecule has 4 atom stereocenters. The average molecular weight is 228 g/mol. The summed E-state index contributed by atoms with van der Waals surface area (Å²) in [5.41, 5.74) is 5.96. The molecule has 5 nitrogen and oxygen atoms in total. The van der Waals surface area contributed by atoms with E-state index in [1.165, 1.54) is 0 Å². The second-order valence-corrected chi connectivity index (χ2v) is 5.03. The predicted molar refractivity (Wildman–Crippen MR) is 58.9 cm³/mol. The lowest BCUT2D eigenvalue weighted by molar-refractivity contribution is -0.0184. The molecule has 0 aromatic carbocycles. The van der Waals surface area contributed by atoms with Crippen LogP contribution < -0.4 is 11.1 Å². The summed E-state index contributed by atoms with van der Waals surface area (Å²) < 4.78 is 10.6. The zero-order valence-electron chi connectivity index (χ0n) is 9.81. The second kappa shape index (κ2) is 4.59. The van der Waals surface area contributed by atoms with E-state index in [1.54, 1.807) is 0 Å². The Morgan fingerprint density at radius 2 is 2.38 bits per heavy atom. The minimum atomic E-state index is -0.386. The van der Waals surface area contributed by atoms with E-state index in [0.717, 1.165) is 13.0 Å². The van der Waals surface area contributed by atoms with Gasteiger partial charge in [0, 0.05) is 18.6 Å². The number of alkyl carbamates (subject to hydrolysis) is 1. The molecule has 4 unspecified atom stereocenters. The van der Waals surface area contributed by atoms with Crippen LogP contribution in [0.1, 0.15) is 20.3 Å². The van der Waals surface area contributed by atoms with Gasteiger partial charge in [-0.05, 0) is 12.3 Å². The Balaban J connectivity index is 1.75. The first-order valence-corrected chi connectivity index (χ1v) is 5.90. The van der Waals surface area contributed by atoms with Gasteiger partial charge >= 0.3 is 6.09 Å². The van der Waals surface area contributed by atoms with E-state index in [1.807, 2.05) is 13.8 Å². The van der Waals surface area contributed by atoms with Gasteiger partial charge in [-0.3, -0.25) is 0 Å². The van der Waals surface area contributed by atoms with E-state index >= 15 is 0 Å². The van der Waals surface area contributed by atoms with Crippen LogP contribution in [-0.2, 0) is 9.47 Å². The van der Waals surface area contributed by atoms with Crippen molar-refractivity contribution in [1.29, 1.82) is 0 Å². The van der Waals surface area contributed by atoms with Gasteiger partial charge in [-0.1, -0.05) is 13.8 Å². The molecule has 1 saturated carbocycles. The van der Waals surface area contributed by atoms with Crippen LogP contribution in [0.3, 0.4) is 0 Å². The lowest BCUT2D eigenvalue weighted by Crippen LogP contribution is -2.69. The van der Waals surface area contributed by atoms with Gasteiger partial charge in [0.1, 0.15) is 0 Å². The predicted octanol–water partition coefficient (Wildman–Crippen LogP) is 0.483. The smallest absolute Gasteiger partial charge is 0.407 e. The number of hydrogen-bond donors (Lipinski definition) is 2. The fraction of sp³-hybridized carbons (Fsp3) is 0.909. The Labute approximate surface area is 95.7 Å². The molecule has 0 aromatic heterocycles. The third-order valence-electron chi connectivity index (χ3n) is 3.28. The highest BCUT2D eigenvalue weighted by Crippen LogP contribution is 2.37. The summed E-state index contributed by atoms with van der Waals surface area (Å²) in [6.07, 6.45) is 0.718. The van der Waals surface area contributed by atoms with Crippen molar-refractivity contribution >= 4 is 6.09 Å². The molecule has 3 N–H and O–H groups in total. The van der Waals surface area contributed by atoms with Crippen molar-refractivity contribution < 1.29 is 14.3 Å². The zero-order valence-corrected chi connectivity index (χ0v) is 9.81. The van der Waals surface area contributed by atoms with Crippen molar-refractivity contribution in [3.63, 3.8) is 0 Å². The Morgan fingerprint density at radius 3 is 3.06 bits per heavy atom. The maximum Gasteiger partial charge on any atom is 0.407 e. The van der Waals surface area contributed by atoms with Gasteiger partial charge < -0.3 is 20.5 Å². The third kappa shape index (κ3) is 2.15. The monoisotopic (exact) mass is 228 g/mol. The molecule has 2 rings (SSSR count). The summed E-state index contributed by atoms with van der Waals surface area (Å²) in [5, 5.41) is 2.78. The van der Waals surface area contributed by atoms with E-state index in [9.17, 15) is 4.79 Å². The van der Waals surface area contributed by atoms with Gasteiger partial charge in [0.25, 0.3) is 0 Å². The molecule has 0 spiro atoms. The number of hydrogen-bond acceptors (Lipinski definition) is 4. The van der Waals surface area contributed by atoms with Gasteiger partial charge in [-0.15, -0.1) is 0 Å². The molecule has 16 heavy (non-hydrogen) atoms. The van der Waals surface area contributed by atoms with Crippen LogP contribution in [0.5, 0.6) is 0 Å². The van der Waals surface area contributed by atoms with Crippen LogP contribution >= 0.6 is 0 Å². The van der Waals surface area contributed by atoms with Gasteiger partial charge in [0.05, 0.1) is 18.8 Å². The van der Waals surface area contributed by atoms with Crippen molar-refractivity contribution in [2.75, 3.05) is 13.2 Å². The van der Waals surface area contributed by atoms with Crippen LogP contribution in [0.15, 0.2) is 0 Å². The average Bonchev–Trinajstić information content (AvgIpc) is 2.67. The zero-order chi connectivity index (χ0) is 11.7. The molecule has 2 fully saturated rings. The van der Waals surface area contributed by atoms with Crippen LogP contribution in [-0.4, -0.2) is 37.5 Å². The van der Waals surface area contributed by atoms with Gasteiger partial charge in [-0.2, -0.15) is 0 Å². The number of carbonyl (C=O) groups excluding carboxylic acids is 1. The number of carbonyl (C=O) groups is 1. The molecular weight excluding hydrogens is 208 g/mol. The Morgan fingerprint density at radius 1 is 1.62 bits per heavy atom. The highest BCUT2D eigenvalue weighted by molar-refractivity contribution is 5.68. The summed E-state index contributed by atoms with van der Waals surface area (Å²) >= 11 is 0. The van der Waals surface area contributed by atoms with Crippen LogP contribution in [0.4, 0.5) is 4.79 Å². The molecule has 1 aliphatic heterocycles. The SMILES string of the molecule is CC(C)COC(=O)NC1C(N)C2CCOC21. The van der Waals surface area contributed by atoms with Crippen molar-refractivity contribution in [3.05, 3.63) is 0 Å². The fourth-order valence-electron chi connectivity index (χ4n) is 2.35. The number of nitrogens with two attached hydrogens (primary N) is 1. The second-order valence-electron chi connectivity index (χ2n) is 5.03. The first kappa shape index (κ1) is 11.7. The Kier molecular flexibility index (Phi) is 3.35. The van der Waals surface area contributed by atoms with Crippen molar-refractivity contribution in [3.8, 4) is 0 Å². The number of nitrogens with one attached hydrogen (secondary N) is 1. The highest BCUT2D eigenvalue weighted by Gasteiger charge is 2.52. The van der Waals surface area contributed by atoms with E-state index < -0.39 is 0 Å². The molecule has 2 aliphatic rings. The lowest BCUT2D eigenvalue weighted by atomic mass is 9.72. The fourth-order valence-corrected chi connectivity index (χ4v) is 2.35. The molecule has 1 aliphatic carbocycles. The van der Waals surface area contributed by atoms with Gasteiger partial charge in [0.2, 0.25) is 0 Å². The van der Waals surface area contributed by atoms with Crippen molar-refractivity contribution in [2.45, 2.75) is 38.5 Å². The third-order valence-corrected chi connectivity index (χ3v) is 3.28. The van der Waals surface area contributed by atoms with Crippen molar-refractivity contribution in [1.82, 2.24) is 5.32 Å². The normalized spacial score (nSPS) is 36.8. The number of rotatable bonds is 3. The van der Waals surface area contributed by atoms with Crippen LogP contribution in [0.2, 0.25) is 0 Å². The molecule has 0 radical (unpaired) electrons. The largest absolute Gasteiger partial charge is 0.449 e. The molecule has 0 aromatic rings.